The van der Waals surface area contributed by atoms with Crippen molar-refractivity contribution in [3.05, 3.63) is 24.3 Å². The van der Waals surface area contributed by atoms with Crippen LogP contribution >= 0.6 is 0 Å². The first-order chi connectivity index (χ1) is 12.6. The van der Waals surface area contributed by atoms with Crippen molar-refractivity contribution in [1.82, 2.24) is 4.90 Å². The molecule has 0 N–H and O–H groups in total. The second-order valence-corrected chi connectivity index (χ2v) is 9.37. The average molecular weight is 397 g/mol. The molecule has 0 radical (unpaired) electrons. The molecule has 1 fully saturated rings. The molecule has 1 heterocycles. The zero-order valence-electron chi connectivity index (χ0n) is 16.3. The highest BCUT2D eigenvalue weighted by molar-refractivity contribution is 7.91. The minimum atomic E-state index is -3.04. The zero-order valence-corrected chi connectivity index (χ0v) is 17.2. The van der Waals surface area contributed by atoms with Crippen LogP contribution in [0.3, 0.4) is 0 Å². The quantitative estimate of drug-likeness (QED) is 0.702. The lowest BCUT2D eigenvalue weighted by molar-refractivity contribution is -0.131. The predicted molar refractivity (Wildman–Crippen MR) is 105 cm³/mol. The van der Waals surface area contributed by atoms with Crippen LogP contribution in [0.2, 0.25) is 0 Å². The van der Waals surface area contributed by atoms with Gasteiger partial charge in [-0.2, -0.15) is 0 Å². The number of hydrogen-bond donors (Lipinski definition) is 0. The Morgan fingerprint density at radius 3 is 2.33 bits per heavy atom. The van der Waals surface area contributed by atoms with Crippen LogP contribution in [0.5, 0.6) is 5.75 Å². The number of anilines is 1. The summed E-state index contributed by atoms with van der Waals surface area (Å²) in [6.45, 7) is 5.57. The number of nitrogens with zero attached hydrogens (tertiary/aromatic N) is 2. The summed E-state index contributed by atoms with van der Waals surface area (Å²) < 4.78 is 28.8. The minimum absolute atomic E-state index is 0.0168. The van der Waals surface area contributed by atoms with Gasteiger partial charge in [0.05, 0.1) is 17.6 Å². The van der Waals surface area contributed by atoms with Crippen molar-refractivity contribution in [2.75, 3.05) is 30.0 Å². The van der Waals surface area contributed by atoms with Crippen molar-refractivity contribution < 1.29 is 22.7 Å². The van der Waals surface area contributed by atoms with Gasteiger partial charge in [-0.05, 0) is 44.5 Å². The first-order valence-corrected chi connectivity index (χ1v) is 10.9. The Labute approximate surface area is 161 Å². The number of benzene rings is 1. The average Bonchev–Trinajstić information content (AvgIpc) is 2.94. The lowest BCUT2D eigenvalue weighted by Crippen LogP contribution is -2.40. The fourth-order valence-corrected chi connectivity index (χ4v) is 4.89. The summed E-state index contributed by atoms with van der Waals surface area (Å²) in [6, 6.07) is 6.89. The number of carbonyl (C=O) groups is 2. The first-order valence-electron chi connectivity index (χ1n) is 9.10. The van der Waals surface area contributed by atoms with Gasteiger partial charge in [0, 0.05) is 38.7 Å². The minimum Gasteiger partial charge on any atom is -0.491 e. The summed E-state index contributed by atoms with van der Waals surface area (Å²) in [7, 11) is -1.42. The number of amides is 2. The molecule has 0 aliphatic carbocycles. The summed E-state index contributed by atoms with van der Waals surface area (Å²) >= 11 is 0. The molecule has 1 aromatic rings. The lowest BCUT2D eigenvalue weighted by Gasteiger charge is -2.26. The molecule has 0 saturated carbocycles. The smallest absolute Gasteiger partial charge is 0.224 e. The van der Waals surface area contributed by atoms with Gasteiger partial charge in [-0.25, -0.2) is 8.42 Å². The molecule has 1 atom stereocenters. The van der Waals surface area contributed by atoms with E-state index in [1.165, 1.54) is 16.7 Å². The monoisotopic (exact) mass is 396 g/mol. The first kappa shape index (κ1) is 21.2. The van der Waals surface area contributed by atoms with Gasteiger partial charge in [0.1, 0.15) is 5.75 Å². The number of carbonyl (C=O) groups excluding carboxylic acids is 2. The summed E-state index contributed by atoms with van der Waals surface area (Å²) in [5, 5.41) is 0. The Kier molecular flexibility index (Phi) is 6.86. The van der Waals surface area contributed by atoms with Gasteiger partial charge in [0.2, 0.25) is 11.8 Å². The maximum Gasteiger partial charge on any atom is 0.224 e. The number of sulfone groups is 1. The van der Waals surface area contributed by atoms with Crippen LogP contribution in [-0.2, 0) is 19.4 Å². The van der Waals surface area contributed by atoms with Crippen LogP contribution in [0.15, 0.2) is 24.3 Å². The van der Waals surface area contributed by atoms with E-state index in [2.05, 4.69) is 0 Å². The maximum atomic E-state index is 12.4. The fourth-order valence-electron chi connectivity index (χ4n) is 3.11. The molecule has 27 heavy (non-hydrogen) atoms. The standard InChI is InChI=1S/C19H28N2O5S/c1-14(2)26-18-7-5-16(6-8-18)21(15(3)22)11-9-19(23)20(4)17-10-12-27(24,25)13-17/h5-8,14,17H,9-13H2,1-4H3. The molecule has 1 aliphatic rings. The van der Waals surface area contributed by atoms with E-state index < -0.39 is 9.84 Å². The third-order valence-electron chi connectivity index (χ3n) is 4.60. The van der Waals surface area contributed by atoms with E-state index in [0.717, 1.165) is 5.75 Å². The van der Waals surface area contributed by atoms with Gasteiger partial charge in [-0.1, -0.05) is 0 Å². The van der Waals surface area contributed by atoms with E-state index in [0.29, 0.717) is 12.1 Å². The molecule has 0 aromatic heterocycles. The van der Waals surface area contributed by atoms with Gasteiger partial charge in [-0.3, -0.25) is 9.59 Å². The predicted octanol–water partition coefficient (Wildman–Crippen LogP) is 1.86. The van der Waals surface area contributed by atoms with Crippen LogP contribution in [-0.4, -0.2) is 62.4 Å². The molecule has 150 valence electrons. The second kappa shape index (κ2) is 8.73. The number of rotatable bonds is 7. The van der Waals surface area contributed by atoms with E-state index in [1.54, 1.807) is 31.3 Å². The van der Waals surface area contributed by atoms with Crippen molar-refractivity contribution >= 4 is 27.3 Å². The summed E-state index contributed by atoms with van der Waals surface area (Å²) in [6.07, 6.45) is 0.669. The normalized spacial score (nSPS) is 18.3. The third-order valence-corrected chi connectivity index (χ3v) is 6.35. The van der Waals surface area contributed by atoms with Crippen LogP contribution in [0.25, 0.3) is 0 Å². The second-order valence-electron chi connectivity index (χ2n) is 7.14. The molecule has 1 aliphatic heterocycles. The molecule has 0 spiro atoms. The Morgan fingerprint density at radius 1 is 1.22 bits per heavy atom. The molecular formula is C19H28N2O5S. The molecule has 0 bridgehead atoms. The molecule has 8 heteroatoms. The SMILES string of the molecule is CC(=O)N(CCC(=O)N(C)C1CCS(=O)(=O)C1)c1ccc(OC(C)C)cc1. The Balaban J connectivity index is 1.98. The van der Waals surface area contributed by atoms with Crippen molar-refractivity contribution in [2.45, 2.75) is 45.8 Å². The lowest BCUT2D eigenvalue weighted by atomic mass is 10.2. The molecule has 1 unspecified atom stereocenters. The number of hydrogen-bond acceptors (Lipinski definition) is 5. The van der Waals surface area contributed by atoms with E-state index in [9.17, 15) is 18.0 Å². The molecule has 7 nitrogen and oxygen atoms in total. The van der Waals surface area contributed by atoms with E-state index >= 15 is 0 Å². The Bertz CT molecular complexity index is 774. The third kappa shape index (κ3) is 5.95. The van der Waals surface area contributed by atoms with Gasteiger partial charge in [-0.15, -0.1) is 0 Å². The number of ether oxygens (including phenoxy) is 1. The van der Waals surface area contributed by atoms with Crippen molar-refractivity contribution in [2.24, 2.45) is 0 Å². The van der Waals surface area contributed by atoms with E-state index in [1.807, 2.05) is 13.8 Å². The van der Waals surface area contributed by atoms with Crippen molar-refractivity contribution in [1.29, 1.82) is 0 Å². The van der Waals surface area contributed by atoms with Crippen LogP contribution < -0.4 is 9.64 Å². The van der Waals surface area contributed by atoms with Gasteiger partial charge in [0.15, 0.2) is 9.84 Å². The highest BCUT2D eigenvalue weighted by Crippen LogP contribution is 2.22. The summed E-state index contributed by atoms with van der Waals surface area (Å²) in [5.41, 5.74) is 0.692. The molecule has 2 amide bonds. The van der Waals surface area contributed by atoms with Crippen molar-refractivity contribution in [3.63, 3.8) is 0 Å². The Hall–Kier alpha value is -2.09. The maximum absolute atomic E-state index is 12.4. The van der Waals surface area contributed by atoms with E-state index in [4.69, 9.17) is 4.74 Å². The Morgan fingerprint density at radius 2 is 1.85 bits per heavy atom. The highest BCUT2D eigenvalue weighted by Gasteiger charge is 2.32. The zero-order chi connectivity index (χ0) is 20.2. The molecular weight excluding hydrogens is 368 g/mol. The summed E-state index contributed by atoms with van der Waals surface area (Å²) in [5.74, 6) is 0.535. The topological polar surface area (TPSA) is 84.0 Å². The van der Waals surface area contributed by atoms with Crippen LogP contribution in [0.4, 0.5) is 5.69 Å². The largest absolute Gasteiger partial charge is 0.491 e. The summed E-state index contributed by atoms with van der Waals surface area (Å²) in [4.78, 5) is 27.5. The molecule has 1 aromatic carbocycles. The molecule has 1 saturated heterocycles. The van der Waals surface area contributed by atoms with E-state index in [-0.39, 0.29) is 48.4 Å². The van der Waals surface area contributed by atoms with Crippen molar-refractivity contribution in [3.8, 4) is 5.75 Å². The molecule has 2 rings (SSSR count). The van der Waals surface area contributed by atoms with Gasteiger partial charge >= 0.3 is 0 Å². The van der Waals surface area contributed by atoms with Gasteiger partial charge < -0.3 is 14.5 Å². The highest BCUT2D eigenvalue weighted by atomic mass is 32.2. The van der Waals surface area contributed by atoms with Gasteiger partial charge in [0.25, 0.3) is 0 Å². The fraction of sp³-hybridized carbons (Fsp3) is 0.579. The van der Waals surface area contributed by atoms with Crippen LogP contribution in [0.1, 0.15) is 33.6 Å². The van der Waals surface area contributed by atoms with Crippen LogP contribution in [0, 0.1) is 0 Å².